The third kappa shape index (κ3) is 4.72. The lowest BCUT2D eigenvalue weighted by molar-refractivity contribution is -0.135. The summed E-state index contributed by atoms with van der Waals surface area (Å²) >= 11 is 0. The molecule has 0 amide bonds. The molecular formula is C10H18F3N3. The lowest BCUT2D eigenvalue weighted by atomic mass is 9.96. The van der Waals surface area contributed by atoms with Gasteiger partial charge in [-0.3, -0.25) is 0 Å². The van der Waals surface area contributed by atoms with E-state index in [2.05, 4.69) is 4.99 Å². The second-order valence-corrected chi connectivity index (χ2v) is 4.25. The number of nitrogens with zero attached hydrogens (tertiary/aromatic N) is 2. The van der Waals surface area contributed by atoms with Crippen LogP contribution in [-0.2, 0) is 0 Å². The van der Waals surface area contributed by atoms with Crippen molar-refractivity contribution in [1.29, 1.82) is 0 Å². The normalized spacial score (nSPS) is 19.9. The molecule has 3 nitrogen and oxygen atoms in total. The molecule has 0 unspecified atom stereocenters. The molecular weight excluding hydrogens is 219 g/mol. The Morgan fingerprint density at radius 1 is 1.31 bits per heavy atom. The standard InChI is InChI=1S/C10H18F3N3/c1-16(7-10(11,12)13)9(14)15-8-5-3-2-4-6-8/h8H,2-7H2,1H3,(H2,14,15). The monoisotopic (exact) mass is 237 g/mol. The number of nitrogens with two attached hydrogens (primary N) is 1. The third-order valence-corrected chi connectivity index (χ3v) is 2.70. The first-order chi connectivity index (χ1) is 7.38. The number of hydrogen-bond acceptors (Lipinski definition) is 1. The van der Waals surface area contributed by atoms with E-state index in [1.54, 1.807) is 0 Å². The zero-order valence-corrected chi connectivity index (χ0v) is 9.43. The molecule has 1 rings (SSSR count). The Hall–Kier alpha value is -0.940. The van der Waals surface area contributed by atoms with Gasteiger partial charge in [0.15, 0.2) is 5.96 Å². The number of aliphatic imine (C=N–C) groups is 1. The number of alkyl halides is 3. The molecule has 1 saturated carbocycles. The van der Waals surface area contributed by atoms with Gasteiger partial charge in [-0.05, 0) is 12.8 Å². The summed E-state index contributed by atoms with van der Waals surface area (Å²) in [7, 11) is 1.31. The van der Waals surface area contributed by atoms with E-state index in [1.165, 1.54) is 13.5 Å². The highest BCUT2D eigenvalue weighted by molar-refractivity contribution is 5.78. The van der Waals surface area contributed by atoms with Gasteiger partial charge in [0.05, 0.1) is 6.04 Å². The number of rotatable bonds is 2. The largest absolute Gasteiger partial charge is 0.406 e. The minimum absolute atomic E-state index is 0.00998. The summed E-state index contributed by atoms with van der Waals surface area (Å²) in [5, 5.41) is 0. The second kappa shape index (κ2) is 5.41. The fraction of sp³-hybridized carbons (Fsp3) is 0.900. The van der Waals surface area contributed by atoms with Crippen molar-refractivity contribution in [3.8, 4) is 0 Å². The summed E-state index contributed by atoms with van der Waals surface area (Å²) < 4.78 is 36.3. The summed E-state index contributed by atoms with van der Waals surface area (Å²) in [5.74, 6) is -0.00998. The Labute approximate surface area is 93.5 Å². The van der Waals surface area contributed by atoms with Gasteiger partial charge < -0.3 is 10.6 Å². The number of halogens is 3. The molecule has 0 heterocycles. The highest BCUT2D eigenvalue weighted by atomic mass is 19.4. The molecule has 1 aliphatic rings. The van der Waals surface area contributed by atoms with Gasteiger partial charge >= 0.3 is 6.18 Å². The zero-order valence-electron chi connectivity index (χ0n) is 9.43. The summed E-state index contributed by atoms with van der Waals surface area (Å²) in [6.07, 6.45) is 0.988. The zero-order chi connectivity index (χ0) is 12.2. The highest BCUT2D eigenvalue weighted by Crippen LogP contribution is 2.21. The lowest BCUT2D eigenvalue weighted by Crippen LogP contribution is -2.41. The van der Waals surface area contributed by atoms with Crippen LogP contribution in [0.3, 0.4) is 0 Å². The lowest BCUT2D eigenvalue weighted by Gasteiger charge is -2.23. The van der Waals surface area contributed by atoms with E-state index in [1.807, 2.05) is 0 Å². The van der Waals surface area contributed by atoms with Crippen LogP contribution in [0.4, 0.5) is 13.2 Å². The van der Waals surface area contributed by atoms with Gasteiger partial charge in [-0.1, -0.05) is 19.3 Å². The van der Waals surface area contributed by atoms with E-state index < -0.39 is 12.7 Å². The van der Waals surface area contributed by atoms with Crippen molar-refractivity contribution >= 4 is 5.96 Å². The van der Waals surface area contributed by atoms with Crippen LogP contribution in [0.1, 0.15) is 32.1 Å². The van der Waals surface area contributed by atoms with Crippen LogP contribution in [0.25, 0.3) is 0 Å². The van der Waals surface area contributed by atoms with Gasteiger partial charge in [-0.15, -0.1) is 0 Å². The highest BCUT2D eigenvalue weighted by Gasteiger charge is 2.30. The maximum absolute atomic E-state index is 12.1. The molecule has 0 saturated heterocycles. The molecule has 1 aliphatic carbocycles. The first kappa shape index (κ1) is 13.1. The summed E-state index contributed by atoms with van der Waals surface area (Å²) in [5.41, 5.74) is 5.53. The Bertz CT molecular complexity index is 244. The van der Waals surface area contributed by atoms with E-state index in [4.69, 9.17) is 5.73 Å². The van der Waals surface area contributed by atoms with Crippen LogP contribution < -0.4 is 5.73 Å². The Balaban J connectivity index is 2.47. The average Bonchev–Trinajstić information content (AvgIpc) is 2.16. The molecule has 6 heteroatoms. The van der Waals surface area contributed by atoms with Gasteiger partial charge in [-0.25, -0.2) is 4.99 Å². The molecule has 0 bridgehead atoms. The Kier molecular flexibility index (Phi) is 4.44. The average molecular weight is 237 g/mol. The number of hydrogen-bond donors (Lipinski definition) is 1. The minimum Gasteiger partial charge on any atom is -0.370 e. The van der Waals surface area contributed by atoms with E-state index in [0.717, 1.165) is 30.6 Å². The third-order valence-electron chi connectivity index (χ3n) is 2.70. The van der Waals surface area contributed by atoms with Crippen molar-refractivity contribution < 1.29 is 13.2 Å². The molecule has 94 valence electrons. The van der Waals surface area contributed by atoms with Gasteiger partial charge in [0.2, 0.25) is 0 Å². The summed E-state index contributed by atoms with van der Waals surface area (Å²) in [4.78, 5) is 5.09. The van der Waals surface area contributed by atoms with Gasteiger partial charge in [0, 0.05) is 7.05 Å². The van der Waals surface area contributed by atoms with Crippen LogP contribution in [-0.4, -0.2) is 36.7 Å². The molecule has 0 radical (unpaired) electrons. The van der Waals surface area contributed by atoms with Crippen LogP contribution in [0.2, 0.25) is 0 Å². The Morgan fingerprint density at radius 2 is 1.88 bits per heavy atom. The molecule has 16 heavy (non-hydrogen) atoms. The SMILES string of the molecule is CN(CC(F)(F)F)C(N)=NC1CCCCC1. The van der Waals surface area contributed by atoms with Crippen molar-refractivity contribution in [2.45, 2.75) is 44.3 Å². The van der Waals surface area contributed by atoms with E-state index in [0.29, 0.717) is 0 Å². The van der Waals surface area contributed by atoms with Crippen molar-refractivity contribution in [2.75, 3.05) is 13.6 Å². The molecule has 0 aliphatic heterocycles. The summed E-state index contributed by atoms with van der Waals surface area (Å²) in [6.45, 7) is -1.05. The Morgan fingerprint density at radius 3 is 2.38 bits per heavy atom. The molecule has 0 aromatic rings. The van der Waals surface area contributed by atoms with E-state index >= 15 is 0 Å². The predicted octanol–water partition coefficient (Wildman–Crippen LogP) is 2.13. The van der Waals surface area contributed by atoms with Gasteiger partial charge in [0.1, 0.15) is 6.54 Å². The van der Waals surface area contributed by atoms with Crippen molar-refractivity contribution in [1.82, 2.24) is 4.90 Å². The van der Waals surface area contributed by atoms with Crippen molar-refractivity contribution in [3.05, 3.63) is 0 Å². The van der Waals surface area contributed by atoms with Gasteiger partial charge in [0.25, 0.3) is 0 Å². The molecule has 0 aromatic carbocycles. The fourth-order valence-corrected chi connectivity index (χ4v) is 1.85. The first-order valence-electron chi connectivity index (χ1n) is 5.49. The van der Waals surface area contributed by atoms with Crippen LogP contribution in [0.15, 0.2) is 4.99 Å². The van der Waals surface area contributed by atoms with Crippen LogP contribution in [0, 0.1) is 0 Å². The molecule has 0 spiro atoms. The fourth-order valence-electron chi connectivity index (χ4n) is 1.85. The molecule has 0 atom stereocenters. The first-order valence-corrected chi connectivity index (χ1v) is 5.49. The molecule has 0 aromatic heterocycles. The summed E-state index contributed by atoms with van der Waals surface area (Å²) in [6, 6.07) is 0.101. The topological polar surface area (TPSA) is 41.6 Å². The number of guanidine groups is 1. The second-order valence-electron chi connectivity index (χ2n) is 4.25. The molecule has 2 N–H and O–H groups in total. The smallest absolute Gasteiger partial charge is 0.370 e. The van der Waals surface area contributed by atoms with Gasteiger partial charge in [-0.2, -0.15) is 13.2 Å². The van der Waals surface area contributed by atoms with Crippen LogP contribution >= 0.6 is 0 Å². The molecule has 1 fully saturated rings. The maximum Gasteiger partial charge on any atom is 0.406 e. The van der Waals surface area contributed by atoms with Crippen molar-refractivity contribution in [3.63, 3.8) is 0 Å². The minimum atomic E-state index is -4.23. The van der Waals surface area contributed by atoms with Crippen LogP contribution in [0.5, 0.6) is 0 Å². The van der Waals surface area contributed by atoms with Crippen molar-refractivity contribution in [2.24, 2.45) is 10.7 Å². The maximum atomic E-state index is 12.1. The quantitative estimate of drug-likeness (QED) is 0.590. The van der Waals surface area contributed by atoms with E-state index in [9.17, 15) is 13.2 Å². The van der Waals surface area contributed by atoms with E-state index in [-0.39, 0.29) is 12.0 Å². The predicted molar refractivity (Wildman–Crippen MR) is 57.2 cm³/mol.